The van der Waals surface area contributed by atoms with Crippen molar-refractivity contribution in [2.24, 2.45) is 0 Å². The number of aromatic nitrogens is 3. The van der Waals surface area contributed by atoms with Crippen molar-refractivity contribution in [1.29, 1.82) is 0 Å². The van der Waals surface area contributed by atoms with E-state index in [9.17, 15) is 0 Å². The summed E-state index contributed by atoms with van der Waals surface area (Å²) in [5, 5.41) is 2.04. The van der Waals surface area contributed by atoms with Crippen molar-refractivity contribution in [3.05, 3.63) is 87.9 Å². The zero-order chi connectivity index (χ0) is 21.4. The van der Waals surface area contributed by atoms with Gasteiger partial charge in [0.25, 0.3) is 0 Å². The molecule has 0 aliphatic rings. The average Bonchev–Trinajstić information content (AvgIpc) is 3.13. The van der Waals surface area contributed by atoms with Gasteiger partial charge in [-0.1, -0.05) is 77.1 Å². The topological polar surface area (TPSA) is 51.8 Å². The first-order valence-corrected chi connectivity index (χ1v) is 10.7. The van der Waals surface area contributed by atoms with E-state index < -0.39 is 0 Å². The predicted octanol–water partition coefficient (Wildman–Crippen LogP) is 5.59. The molecule has 5 aromatic rings. The molecule has 0 amide bonds. The molecule has 0 atom stereocenters. The number of benzene rings is 3. The molecule has 0 radical (unpaired) electrons. The fourth-order valence-electron chi connectivity index (χ4n) is 3.60. The molecule has 0 bridgehead atoms. The Bertz CT molecular complexity index is 1520. The van der Waals surface area contributed by atoms with Crippen molar-refractivity contribution >= 4 is 39.6 Å². The number of fused-ring (bicyclic) bond motifs is 1. The number of hydrogen-bond acceptors (Lipinski definition) is 4. The number of furan rings is 1. The maximum atomic E-state index is 5.88. The van der Waals surface area contributed by atoms with Gasteiger partial charge in [-0.3, -0.25) is 0 Å². The van der Waals surface area contributed by atoms with E-state index in [2.05, 4.69) is 22.5 Å². The molecule has 3 aromatic carbocycles. The Hall–Kier alpha value is -3.57. The van der Waals surface area contributed by atoms with Crippen molar-refractivity contribution < 1.29 is 4.42 Å². The molecule has 5 rings (SSSR count). The van der Waals surface area contributed by atoms with Crippen LogP contribution in [-0.2, 0) is 0 Å². The SMILES string of the molecule is C=c1oc2cc(-c3nc(-c4ccccc4)nc(-c4cccc(Br)c4)n3)ccc2/c1=C/C. The van der Waals surface area contributed by atoms with Crippen LogP contribution in [0.5, 0.6) is 0 Å². The van der Waals surface area contributed by atoms with Crippen LogP contribution in [0.1, 0.15) is 6.92 Å². The van der Waals surface area contributed by atoms with E-state index in [0.717, 1.165) is 37.4 Å². The van der Waals surface area contributed by atoms with Crippen LogP contribution in [0.3, 0.4) is 0 Å². The molecule has 0 aliphatic heterocycles. The highest BCUT2D eigenvalue weighted by Gasteiger charge is 2.13. The van der Waals surface area contributed by atoms with Gasteiger partial charge in [-0.15, -0.1) is 0 Å². The molecule has 4 nitrogen and oxygen atoms in total. The summed E-state index contributed by atoms with van der Waals surface area (Å²) in [6.07, 6.45) is 2.01. The molecule has 2 heterocycles. The lowest BCUT2D eigenvalue weighted by molar-refractivity contribution is 0.577. The summed E-state index contributed by atoms with van der Waals surface area (Å²) in [5.41, 5.74) is 4.13. The first kappa shape index (κ1) is 19.4. The Morgan fingerprint density at radius 3 is 2.10 bits per heavy atom. The van der Waals surface area contributed by atoms with Gasteiger partial charge in [0.1, 0.15) is 11.0 Å². The average molecular weight is 468 g/mol. The molecule has 5 heteroatoms. The van der Waals surface area contributed by atoms with Gasteiger partial charge in [-0.2, -0.15) is 0 Å². The molecule has 2 aromatic heterocycles. The molecule has 0 saturated carbocycles. The van der Waals surface area contributed by atoms with Gasteiger partial charge in [0, 0.05) is 31.8 Å². The third-order valence-electron chi connectivity index (χ3n) is 5.10. The van der Waals surface area contributed by atoms with Crippen LogP contribution in [0.4, 0.5) is 0 Å². The van der Waals surface area contributed by atoms with Gasteiger partial charge in [0.05, 0.1) is 0 Å². The Labute approximate surface area is 187 Å². The van der Waals surface area contributed by atoms with Crippen LogP contribution in [0.25, 0.3) is 57.8 Å². The van der Waals surface area contributed by atoms with E-state index in [1.54, 1.807) is 0 Å². The molecule has 150 valence electrons. The van der Waals surface area contributed by atoms with Gasteiger partial charge in [0.15, 0.2) is 17.5 Å². The summed E-state index contributed by atoms with van der Waals surface area (Å²) in [7, 11) is 0. The van der Waals surface area contributed by atoms with Crippen molar-refractivity contribution in [3.63, 3.8) is 0 Å². The lowest BCUT2D eigenvalue weighted by Gasteiger charge is -2.08. The van der Waals surface area contributed by atoms with Gasteiger partial charge < -0.3 is 4.42 Å². The largest absolute Gasteiger partial charge is 0.457 e. The summed E-state index contributed by atoms with van der Waals surface area (Å²) in [6.45, 7) is 5.98. The molecule has 0 aliphatic carbocycles. The van der Waals surface area contributed by atoms with Crippen LogP contribution in [0.15, 0.2) is 81.7 Å². The van der Waals surface area contributed by atoms with Crippen molar-refractivity contribution in [2.45, 2.75) is 6.92 Å². The minimum Gasteiger partial charge on any atom is -0.457 e. The van der Waals surface area contributed by atoms with Crippen LogP contribution < -0.4 is 10.6 Å². The van der Waals surface area contributed by atoms with Gasteiger partial charge >= 0.3 is 0 Å². The maximum Gasteiger partial charge on any atom is 0.164 e. The molecular weight excluding hydrogens is 450 g/mol. The Kier molecular flexibility index (Phi) is 4.96. The van der Waals surface area contributed by atoms with E-state index in [1.165, 1.54) is 0 Å². The lowest BCUT2D eigenvalue weighted by atomic mass is 10.1. The van der Waals surface area contributed by atoms with Gasteiger partial charge in [-0.25, -0.2) is 15.0 Å². The molecule has 0 fully saturated rings. The minimum absolute atomic E-state index is 0.592. The van der Waals surface area contributed by atoms with Crippen molar-refractivity contribution in [3.8, 4) is 34.2 Å². The van der Waals surface area contributed by atoms with Crippen LogP contribution in [0, 0.1) is 0 Å². The molecular formula is C26H18BrN3O. The monoisotopic (exact) mass is 467 g/mol. The number of rotatable bonds is 3. The molecule has 0 N–H and O–H groups in total. The smallest absolute Gasteiger partial charge is 0.164 e. The highest BCUT2D eigenvalue weighted by Crippen LogP contribution is 2.27. The third-order valence-corrected chi connectivity index (χ3v) is 5.60. The second kappa shape index (κ2) is 7.93. The fraction of sp³-hybridized carbons (Fsp3) is 0.0385. The Morgan fingerprint density at radius 2 is 1.42 bits per heavy atom. The minimum atomic E-state index is 0.592. The maximum absolute atomic E-state index is 5.88. The third kappa shape index (κ3) is 3.68. The Balaban J connectivity index is 1.73. The fourth-order valence-corrected chi connectivity index (χ4v) is 4.00. The Morgan fingerprint density at radius 1 is 0.774 bits per heavy atom. The summed E-state index contributed by atoms with van der Waals surface area (Å²) in [5.74, 6) is 1.83. The number of halogens is 1. The highest BCUT2D eigenvalue weighted by molar-refractivity contribution is 9.10. The standard InChI is InChI=1S/C26H18BrN3O/c1-3-21-16(2)31-23-15-19(12-13-22(21)23)26-29-24(17-8-5-4-6-9-17)28-25(30-26)18-10-7-11-20(27)14-18/h3-15H,2H2,1H3/b21-3+. The van der Waals surface area contributed by atoms with Crippen molar-refractivity contribution in [2.75, 3.05) is 0 Å². The van der Waals surface area contributed by atoms with E-state index in [4.69, 9.17) is 19.4 Å². The van der Waals surface area contributed by atoms with E-state index in [0.29, 0.717) is 22.9 Å². The highest BCUT2D eigenvalue weighted by atomic mass is 79.9. The first-order chi connectivity index (χ1) is 15.1. The van der Waals surface area contributed by atoms with Gasteiger partial charge in [0.2, 0.25) is 0 Å². The van der Waals surface area contributed by atoms with Crippen LogP contribution in [-0.4, -0.2) is 15.0 Å². The number of nitrogens with zero attached hydrogens (tertiary/aromatic N) is 3. The summed E-state index contributed by atoms with van der Waals surface area (Å²) in [4.78, 5) is 14.3. The second-order valence-electron chi connectivity index (χ2n) is 7.12. The van der Waals surface area contributed by atoms with Crippen LogP contribution >= 0.6 is 15.9 Å². The molecule has 0 unspecified atom stereocenters. The molecule has 0 spiro atoms. The van der Waals surface area contributed by atoms with Gasteiger partial charge in [-0.05, 0) is 31.2 Å². The zero-order valence-electron chi connectivity index (χ0n) is 16.8. The van der Waals surface area contributed by atoms with E-state index in [1.807, 2.05) is 85.8 Å². The van der Waals surface area contributed by atoms with E-state index >= 15 is 0 Å². The summed E-state index contributed by atoms with van der Waals surface area (Å²) < 4.78 is 6.85. The molecule has 0 saturated heterocycles. The van der Waals surface area contributed by atoms with Crippen molar-refractivity contribution in [1.82, 2.24) is 15.0 Å². The quantitative estimate of drug-likeness (QED) is 0.346. The van der Waals surface area contributed by atoms with E-state index in [-0.39, 0.29) is 0 Å². The second-order valence-corrected chi connectivity index (χ2v) is 8.04. The zero-order valence-corrected chi connectivity index (χ0v) is 18.4. The predicted molar refractivity (Wildman–Crippen MR) is 129 cm³/mol. The van der Waals surface area contributed by atoms with Crippen LogP contribution in [0.2, 0.25) is 0 Å². The number of hydrogen-bond donors (Lipinski definition) is 0. The first-order valence-electron chi connectivity index (χ1n) is 9.88. The molecule has 31 heavy (non-hydrogen) atoms. The normalized spacial score (nSPS) is 11.9. The summed E-state index contributed by atoms with van der Waals surface area (Å²) >= 11 is 3.54. The lowest BCUT2D eigenvalue weighted by Crippen LogP contribution is -2.16. The summed E-state index contributed by atoms with van der Waals surface area (Å²) in [6, 6.07) is 23.9.